The Bertz CT molecular complexity index is 1640. The molecule has 1 aliphatic rings. The summed E-state index contributed by atoms with van der Waals surface area (Å²) in [6, 6.07) is 11.9. The first-order valence-corrected chi connectivity index (χ1v) is 17.0. The number of nitro groups is 1. The lowest BCUT2D eigenvalue weighted by atomic mass is 10.1. The number of nitrogens with two attached hydrogens (primary N) is 2. The quantitative estimate of drug-likeness (QED) is 0.0229. The minimum atomic E-state index is -1.62. The van der Waals surface area contributed by atoms with Gasteiger partial charge in [-0.1, -0.05) is 66.1 Å². The van der Waals surface area contributed by atoms with Gasteiger partial charge in [0.05, 0.1) is 12.5 Å². The molecule has 5 amide bonds. The molecule has 0 bridgehead atoms. The molecule has 20 nitrogen and oxygen atoms in total. The molecule has 54 heavy (non-hydrogen) atoms. The van der Waals surface area contributed by atoms with Crippen molar-refractivity contribution in [3.05, 3.63) is 81.9 Å². The number of hydrogen-bond donors (Lipinski definition) is 7. The van der Waals surface area contributed by atoms with Gasteiger partial charge in [0.1, 0.15) is 37.4 Å². The molecule has 2 aromatic rings. The fourth-order valence-corrected chi connectivity index (χ4v) is 5.41. The zero-order valence-electron chi connectivity index (χ0n) is 29.6. The Balaban J connectivity index is 1.69. The van der Waals surface area contributed by atoms with E-state index in [1.165, 1.54) is 6.92 Å². The summed E-state index contributed by atoms with van der Waals surface area (Å²) in [6.45, 7) is 1.02. The number of guanidine groups is 1. The summed E-state index contributed by atoms with van der Waals surface area (Å²) in [4.78, 5) is 93.7. The number of alkyl carbamates (subject to hydrolysis) is 1. The topological polar surface area (TPSA) is 300 Å². The third-order valence-corrected chi connectivity index (χ3v) is 8.08. The number of likely N-dealkylation sites (tertiary alicyclic amines) is 1. The fraction of sp³-hybridized carbons (Fsp3) is 0.441. The SMILES string of the molecule is C[C@@H](O)[C@H](NC(=O)[C@H](CC(N)=O)NC(=O)OCc1ccccc1)C(=O)N1CCC[C@H]1C(=O)N[C@@H](CCCN=C(N)N[N+](=O)[O-])C(=O)OCc1ccccc1. The van der Waals surface area contributed by atoms with Crippen molar-refractivity contribution in [1.29, 1.82) is 0 Å². The lowest BCUT2D eigenvalue weighted by Gasteiger charge is -2.31. The molecule has 292 valence electrons. The smallest absolute Gasteiger partial charge is 0.408 e. The van der Waals surface area contributed by atoms with Gasteiger partial charge in [-0.25, -0.2) is 24.7 Å². The Hall–Kier alpha value is -6.31. The van der Waals surface area contributed by atoms with Crippen LogP contribution >= 0.6 is 0 Å². The number of esters is 1. The second kappa shape index (κ2) is 21.3. The van der Waals surface area contributed by atoms with Crippen molar-refractivity contribution in [3.63, 3.8) is 0 Å². The van der Waals surface area contributed by atoms with Crippen molar-refractivity contribution in [2.45, 2.75) is 82.5 Å². The van der Waals surface area contributed by atoms with Crippen molar-refractivity contribution in [3.8, 4) is 0 Å². The highest BCUT2D eigenvalue weighted by molar-refractivity contribution is 5.96. The van der Waals surface area contributed by atoms with Crippen LogP contribution in [-0.4, -0.2) is 100 Å². The number of aliphatic imine (C=N–C) groups is 1. The first kappa shape index (κ1) is 42.1. The van der Waals surface area contributed by atoms with E-state index in [-0.39, 0.29) is 45.6 Å². The first-order valence-electron chi connectivity index (χ1n) is 17.0. The number of nitrogens with one attached hydrogen (secondary N) is 4. The number of amides is 5. The molecule has 2 aromatic carbocycles. The van der Waals surface area contributed by atoms with E-state index in [0.717, 1.165) is 4.90 Å². The zero-order valence-corrected chi connectivity index (χ0v) is 29.6. The van der Waals surface area contributed by atoms with Gasteiger partial charge in [0, 0.05) is 13.1 Å². The molecule has 1 heterocycles. The summed E-state index contributed by atoms with van der Waals surface area (Å²) in [5.41, 5.74) is 13.8. The number of hydrazine groups is 1. The Morgan fingerprint density at radius 2 is 1.56 bits per heavy atom. The molecule has 1 fully saturated rings. The molecule has 0 unspecified atom stereocenters. The molecule has 9 N–H and O–H groups in total. The molecular formula is C34H45N9O11. The van der Waals surface area contributed by atoms with Gasteiger partial charge in [-0.3, -0.25) is 19.2 Å². The number of aliphatic hydroxyl groups is 1. The van der Waals surface area contributed by atoms with Gasteiger partial charge in [0.2, 0.25) is 23.6 Å². The fourth-order valence-electron chi connectivity index (χ4n) is 5.41. The summed E-state index contributed by atoms with van der Waals surface area (Å²) in [5, 5.41) is 27.5. The Morgan fingerprint density at radius 3 is 2.13 bits per heavy atom. The van der Waals surface area contributed by atoms with Crippen molar-refractivity contribution < 1.29 is 48.4 Å². The van der Waals surface area contributed by atoms with Gasteiger partial charge < -0.3 is 46.9 Å². The van der Waals surface area contributed by atoms with Crippen LogP contribution in [0.2, 0.25) is 0 Å². The third-order valence-electron chi connectivity index (χ3n) is 8.08. The molecular weight excluding hydrogens is 710 g/mol. The van der Waals surface area contributed by atoms with Crippen LogP contribution in [-0.2, 0) is 46.7 Å². The number of carbonyl (C=O) groups is 6. The van der Waals surface area contributed by atoms with Gasteiger partial charge in [0.25, 0.3) is 5.96 Å². The van der Waals surface area contributed by atoms with Gasteiger partial charge in [-0.15, -0.1) is 0 Å². The van der Waals surface area contributed by atoms with Crippen LogP contribution in [0.1, 0.15) is 50.2 Å². The second-order valence-electron chi connectivity index (χ2n) is 12.3. The van der Waals surface area contributed by atoms with Gasteiger partial charge in [-0.05, 0) is 43.7 Å². The second-order valence-corrected chi connectivity index (χ2v) is 12.3. The highest BCUT2D eigenvalue weighted by atomic mass is 16.7. The van der Waals surface area contributed by atoms with E-state index in [1.54, 1.807) is 66.1 Å². The minimum Gasteiger partial charge on any atom is -0.459 e. The van der Waals surface area contributed by atoms with Crippen molar-refractivity contribution in [2.75, 3.05) is 13.1 Å². The summed E-state index contributed by atoms with van der Waals surface area (Å²) in [5.74, 6) is -4.77. The van der Waals surface area contributed by atoms with E-state index in [1.807, 2.05) is 0 Å². The molecule has 1 saturated heterocycles. The monoisotopic (exact) mass is 755 g/mol. The molecule has 0 radical (unpaired) electrons. The van der Waals surface area contributed by atoms with E-state index in [9.17, 15) is 44.0 Å². The van der Waals surface area contributed by atoms with E-state index < -0.39 is 83.4 Å². The zero-order chi connectivity index (χ0) is 39.6. The van der Waals surface area contributed by atoms with E-state index in [2.05, 4.69) is 20.9 Å². The standard InChI is InChI=1S/C34H45N9O11/c1-21(44)28(40-29(46)25(18-27(35)45)39-34(50)54-20-23-12-6-3-7-13-23)31(48)42-17-9-15-26(42)30(47)38-24(14-8-16-37-33(36)41-43(51)52)32(49)53-19-22-10-4-2-5-11-22/h2-7,10-13,21,24-26,28,44H,8-9,14-20H2,1H3,(H2,35,45)(H,38,47)(H,39,50)(H,40,46)(H3,36,37,41)/t21-,24+,25+,26+,28+/m1/s1. The maximum Gasteiger partial charge on any atom is 0.408 e. The van der Waals surface area contributed by atoms with Crippen LogP contribution in [0.15, 0.2) is 65.7 Å². The lowest BCUT2D eigenvalue weighted by molar-refractivity contribution is -0.525. The molecule has 0 spiro atoms. The van der Waals surface area contributed by atoms with E-state index >= 15 is 0 Å². The van der Waals surface area contributed by atoms with Crippen molar-refractivity contribution >= 4 is 41.7 Å². The number of hydrogen-bond acceptors (Lipinski definition) is 12. The molecule has 0 aromatic heterocycles. The Morgan fingerprint density at radius 1 is 0.944 bits per heavy atom. The van der Waals surface area contributed by atoms with Crippen LogP contribution < -0.4 is 32.8 Å². The summed E-state index contributed by atoms with van der Waals surface area (Å²) >= 11 is 0. The summed E-state index contributed by atoms with van der Waals surface area (Å²) in [6.07, 6.45) is -2.52. The number of ether oxygens (including phenoxy) is 2. The highest BCUT2D eigenvalue weighted by Crippen LogP contribution is 2.20. The van der Waals surface area contributed by atoms with Crippen LogP contribution in [0.5, 0.6) is 0 Å². The number of rotatable bonds is 19. The van der Waals surface area contributed by atoms with Crippen molar-refractivity contribution in [2.24, 2.45) is 16.5 Å². The molecule has 5 atom stereocenters. The average Bonchev–Trinajstić information content (AvgIpc) is 3.63. The van der Waals surface area contributed by atoms with Crippen LogP contribution in [0.4, 0.5) is 4.79 Å². The van der Waals surface area contributed by atoms with Gasteiger partial charge >= 0.3 is 12.1 Å². The minimum absolute atomic E-state index is 0.0103. The Kier molecular flexibility index (Phi) is 16.6. The highest BCUT2D eigenvalue weighted by Gasteiger charge is 2.41. The van der Waals surface area contributed by atoms with Gasteiger partial charge in [-0.2, -0.15) is 0 Å². The van der Waals surface area contributed by atoms with Gasteiger partial charge in [0.15, 0.2) is 5.03 Å². The normalized spacial score (nSPS) is 16.1. The lowest BCUT2D eigenvalue weighted by Crippen LogP contribution is -2.60. The predicted molar refractivity (Wildman–Crippen MR) is 190 cm³/mol. The number of benzene rings is 2. The number of primary amides is 1. The van der Waals surface area contributed by atoms with Crippen LogP contribution in [0.3, 0.4) is 0 Å². The van der Waals surface area contributed by atoms with Crippen LogP contribution in [0.25, 0.3) is 0 Å². The van der Waals surface area contributed by atoms with E-state index in [4.69, 9.17) is 20.9 Å². The molecule has 3 rings (SSSR count). The molecule has 0 saturated carbocycles. The van der Waals surface area contributed by atoms with Crippen molar-refractivity contribution in [1.82, 2.24) is 26.3 Å². The molecule has 1 aliphatic heterocycles. The van der Waals surface area contributed by atoms with Crippen LogP contribution in [0, 0.1) is 10.1 Å². The number of aliphatic hydroxyl groups excluding tert-OH is 1. The number of carbonyl (C=O) groups excluding carboxylic acids is 6. The Labute approximate surface area is 310 Å². The average molecular weight is 756 g/mol. The van der Waals surface area contributed by atoms with E-state index in [0.29, 0.717) is 17.5 Å². The third kappa shape index (κ3) is 14.0. The summed E-state index contributed by atoms with van der Waals surface area (Å²) in [7, 11) is 0. The maximum absolute atomic E-state index is 13.8. The largest absolute Gasteiger partial charge is 0.459 e. The predicted octanol–water partition coefficient (Wildman–Crippen LogP) is -0.882. The number of nitrogens with zero attached hydrogens (tertiary/aromatic N) is 3. The first-order chi connectivity index (χ1) is 25.7. The maximum atomic E-state index is 13.8. The molecule has 20 heteroatoms. The molecule has 0 aliphatic carbocycles. The summed E-state index contributed by atoms with van der Waals surface area (Å²) < 4.78 is 10.6.